The summed E-state index contributed by atoms with van der Waals surface area (Å²) in [5.41, 5.74) is 0. The Morgan fingerprint density at radius 1 is 0.356 bits per heavy atom. The summed E-state index contributed by atoms with van der Waals surface area (Å²) in [6.45, 7) is 2.92. The van der Waals surface area contributed by atoms with Crippen molar-refractivity contribution < 1.29 is 38.9 Å². The molecule has 0 rings (SSSR count). The fourth-order valence-electron chi connectivity index (χ4n) is 6.87. The number of hydrogen-bond acceptors (Lipinski definition) is 12. The van der Waals surface area contributed by atoms with Gasteiger partial charge in [0.2, 0.25) is 0 Å². The maximum absolute atomic E-state index is 13.2. The van der Waals surface area contributed by atoms with Gasteiger partial charge in [-0.15, -0.1) is 0 Å². The van der Waals surface area contributed by atoms with Crippen molar-refractivity contribution in [2.45, 2.75) is 217 Å². The molecule has 0 heterocycles. The van der Waals surface area contributed by atoms with Gasteiger partial charge in [0.15, 0.2) is 0 Å². The molecule has 0 saturated heterocycles. The van der Waals surface area contributed by atoms with Gasteiger partial charge in [0.1, 0.15) is 0 Å². The fourth-order valence-corrected chi connectivity index (χ4v) is 17.2. The predicted molar refractivity (Wildman–Crippen MR) is 255 cm³/mol. The summed E-state index contributed by atoms with van der Waals surface area (Å²) in [6.07, 6.45) is 36.2. The Morgan fingerprint density at radius 2 is 0.576 bits per heavy atom. The quantitative estimate of drug-likeness (QED) is 0.0395. The third-order valence-electron chi connectivity index (χ3n) is 10.4. The zero-order valence-electron chi connectivity index (χ0n) is 37.7. The van der Waals surface area contributed by atoms with Gasteiger partial charge in [-0.25, -0.2) is 0 Å². The van der Waals surface area contributed by atoms with Crippen molar-refractivity contribution in [1.82, 2.24) is 0 Å². The number of unbranched alkanes of at least 4 members (excludes halogenated alkanes) is 28. The molecule has 0 aliphatic rings. The van der Waals surface area contributed by atoms with Crippen molar-refractivity contribution >= 4 is 72.8 Å². The van der Waals surface area contributed by atoms with Gasteiger partial charge in [-0.2, -0.15) is 0 Å². The van der Waals surface area contributed by atoms with E-state index in [0.717, 1.165) is 101 Å². The van der Waals surface area contributed by atoms with Crippen LogP contribution < -0.4 is 0 Å². The smallest absolute Gasteiger partial charge is 0.396 e. The standard InChI is InChI=1S/3C14H28O3S.C4H9.Sn/c3*15-11-9-7-5-3-1-2-4-6-8-10-12-18-13-14(16)17;1-3-4-2;/h3*15H,1-13H2,(H,16,17);1,3-4H2,2H3;/q;;;;+3/p-3. The summed E-state index contributed by atoms with van der Waals surface area (Å²) in [4.78, 5) is 39.7. The maximum atomic E-state index is 13.2. The Labute approximate surface area is 380 Å². The second-order valence-electron chi connectivity index (χ2n) is 16.1. The van der Waals surface area contributed by atoms with E-state index in [-0.39, 0.29) is 17.3 Å². The topological polar surface area (TPSA) is 140 Å². The Kier molecular flexibility index (Phi) is 47.7. The molecule has 0 radical (unpaired) electrons. The molecular formula is C46H90O9S3Sn. The van der Waals surface area contributed by atoms with Gasteiger partial charge in [-0.1, -0.05) is 38.5 Å². The number of hydrogen-bond donors (Lipinski definition) is 3. The Bertz CT molecular complexity index is 827. The fraction of sp³-hybridized carbons (Fsp3) is 0.935. The molecule has 0 atom stereocenters. The van der Waals surface area contributed by atoms with Gasteiger partial charge < -0.3 is 15.3 Å². The van der Waals surface area contributed by atoms with Gasteiger partial charge in [0.25, 0.3) is 0 Å². The molecule has 0 bridgehead atoms. The first kappa shape index (κ1) is 59.1. The minimum absolute atomic E-state index is 0.157. The summed E-state index contributed by atoms with van der Waals surface area (Å²) in [7, 11) is 0. The Morgan fingerprint density at radius 3 is 0.797 bits per heavy atom. The number of thioether (sulfide) groups is 3. The molecule has 0 aliphatic carbocycles. The van der Waals surface area contributed by atoms with Gasteiger partial charge in [0.05, 0.1) is 0 Å². The molecule has 0 aromatic carbocycles. The molecule has 0 unspecified atom stereocenters. The van der Waals surface area contributed by atoms with Gasteiger partial charge in [0, 0.05) is 19.8 Å². The van der Waals surface area contributed by atoms with Gasteiger partial charge in [-0.05, 0) is 19.3 Å². The zero-order valence-corrected chi connectivity index (χ0v) is 43.0. The van der Waals surface area contributed by atoms with Crippen LogP contribution in [-0.2, 0) is 23.6 Å². The summed E-state index contributed by atoms with van der Waals surface area (Å²) < 4.78 is 18.4. The van der Waals surface area contributed by atoms with Crippen LogP contribution >= 0.6 is 35.3 Å². The molecule has 59 heavy (non-hydrogen) atoms. The van der Waals surface area contributed by atoms with Crippen LogP contribution in [0.15, 0.2) is 0 Å². The monoisotopic (exact) mass is 1000 g/mol. The molecule has 0 aliphatic heterocycles. The average Bonchev–Trinajstić information content (AvgIpc) is 3.22. The molecule has 0 amide bonds. The third kappa shape index (κ3) is 43.2. The van der Waals surface area contributed by atoms with E-state index in [1.54, 1.807) is 0 Å². The number of aliphatic hydroxyl groups is 3. The number of carbonyl (C=O) groups excluding carboxylic acids is 3. The van der Waals surface area contributed by atoms with Crippen LogP contribution in [-0.4, -0.2) is 107 Å². The molecule has 0 saturated carbocycles. The van der Waals surface area contributed by atoms with E-state index >= 15 is 0 Å². The van der Waals surface area contributed by atoms with Crippen LogP contribution in [0.1, 0.15) is 212 Å². The zero-order chi connectivity index (χ0) is 43.2. The first-order valence-corrected chi connectivity index (χ1v) is 33.1. The van der Waals surface area contributed by atoms with Crippen LogP contribution in [0, 0.1) is 0 Å². The summed E-state index contributed by atoms with van der Waals surface area (Å²) in [6, 6.07) is 0. The summed E-state index contributed by atoms with van der Waals surface area (Å²) in [5.74, 6) is 1.71. The second-order valence-corrected chi connectivity index (χ2v) is 26.5. The molecule has 9 nitrogen and oxygen atoms in total. The van der Waals surface area contributed by atoms with E-state index < -0.39 is 37.5 Å². The van der Waals surface area contributed by atoms with Gasteiger partial charge in [-0.3, -0.25) is 0 Å². The van der Waals surface area contributed by atoms with Crippen LogP contribution in [0.3, 0.4) is 0 Å². The van der Waals surface area contributed by atoms with Crippen LogP contribution in [0.4, 0.5) is 0 Å². The Balaban J connectivity index is 4.83. The normalized spacial score (nSPS) is 11.6. The SMILES string of the molecule is CCC[CH2][Sn]([O]C(=O)CSCCCCCCCCCCCCO)([O]C(=O)CSCCCCCCCCCCCCO)[O]C(=O)CSCCCCCCCCCCCCO. The molecule has 0 fully saturated rings. The summed E-state index contributed by atoms with van der Waals surface area (Å²) >= 11 is -0.305. The van der Waals surface area contributed by atoms with Crippen molar-refractivity contribution in [2.24, 2.45) is 0 Å². The molecule has 0 spiro atoms. The van der Waals surface area contributed by atoms with Gasteiger partial charge >= 0.3 is 290 Å². The molecule has 0 aromatic heterocycles. The Hall–Kier alpha value is 0.139. The number of aliphatic hydroxyl groups excluding tert-OH is 3. The van der Waals surface area contributed by atoms with E-state index in [1.807, 2.05) is 6.92 Å². The molecule has 13 heteroatoms. The molecule has 3 N–H and O–H groups in total. The van der Waals surface area contributed by atoms with Crippen molar-refractivity contribution in [3.63, 3.8) is 0 Å². The predicted octanol–water partition coefficient (Wildman–Crippen LogP) is 12.2. The van der Waals surface area contributed by atoms with Crippen molar-refractivity contribution in [1.29, 1.82) is 0 Å². The van der Waals surface area contributed by atoms with E-state index in [2.05, 4.69) is 0 Å². The first-order valence-electron chi connectivity index (χ1n) is 24.1. The number of rotatable bonds is 48. The van der Waals surface area contributed by atoms with Crippen molar-refractivity contribution in [3.8, 4) is 0 Å². The van der Waals surface area contributed by atoms with Crippen LogP contribution in [0.25, 0.3) is 0 Å². The van der Waals surface area contributed by atoms with E-state index in [9.17, 15) is 14.4 Å². The second kappa shape index (κ2) is 47.6. The minimum Gasteiger partial charge on any atom is -0.396 e. The van der Waals surface area contributed by atoms with Crippen LogP contribution in [0.5, 0.6) is 0 Å². The van der Waals surface area contributed by atoms with E-state index in [1.165, 1.54) is 151 Å². The first-order chi connectivity index (χ1) is 28.9. The molecule has 350 valence electrons. The van der Waals surface area contributed by atoms with Crippen molar-refractivity contribution in [3.05, 3.63) is 0 Å². The molecular weight excluding hydrogens is 911 g/mol. The van der Waals surface area contributed by atoms with Crippen LogP contribution in [0.2, 0.25) is 4.44 Å². The van der Waals surface area contributed by atoms with E-state index in [4.69, 9.17) is 24.5 Å². The van der Waals surface area contributed by atoms with Crippen molar-refractivity contribution in [2.75, 3.05) is 54.3 Å². The average molecular weight is 1000 g/mol. The molecule has 0 aromatic rings. The number of carbonyl (C=O) groups is 3. The van der Waals surface area contributed by atoms with E-state index in [0.29, 0.717) is 30.7 Å². The minimum atomic E-state index is -4.92. The summed E-state index contributed by atoms with van der Waals surface area (Å²) in [5, 5.41) is 26.7. The third-order valence-corrected chi connectivity index (χ3v) is 20.8.